The van der Waals surface area contributed by atoms with Gasteiger partial charge in [-0.2, -0.15) is 0 Å². The molecule has 4 aliphatic rings. The number of anilines is 1. The van der Waals surface area contributed by atoms with E-state index in [1.54, 1.807) is 18.2 Å². The van der Waals surface area contributed by atoms with E-state index in [-0.39, 0.29) is 48.6 Å². The standard InChI is InChI=1S/C20H23N3O4/c1-27-15-5-3-2-4-14(15)22-20(26)21-10-11-23-18(24)16-12-6-7-13(9-8-12)17(16)19(23)25/h2-7,12-13,16-17H,8-11H2,1H3,(H2,21,22,26)/t12-,13-,16-,17+/m0/s1. The van der Waals surface area contributed by atoms with E-state index in [4.69, 9.17) is 4.74 Å². The van der Waals surface area contributed by atoms with Crippen LogP contribution in [-0.4, -0.2) is 42.9 Å². The van der Waals surface area contributed by atoms with Crippen LogP contribution in [0.3, 0.4) is 0 Å². The number of imide groups is 1. The Kier molecular flexibility index (Phi) is 4.59. The smallest absolute Gasteiger partial charge is 0.319 e. The van der Waals surface area contributed by atoms with Gasteiger partial charge in [0.05, 0.1) is 24.6 Å². The molecule has 1 heterocycles. The molecule has 1 aromatic carbocycles. The molecule has 0 radical (unpaired) electrons. The largest absolute Gasteiger partial charge is 0.495 e. The SMILES string of the molecule is COc1ccccc1NC(=O)NCCN1C(=O)[C@@H]2[C@H](C1=O)[C@H]1C=C[C@H]2CC1. The van der Waals surface area contributed by atoms with E-state index in [2.05, 4.69) is 22.8 Å². The van der Waals surface area contributed by atoms with Gasteiger partial charge >= 0.3 is 6.03 Å². The zero-order chi connectivity index (χ0) is 19.0. The van der Waals surface area contributed by atoms with E-state index in [0.29, 0.717) is 11.4 Å². The van der Waals surface area contributed by atoms with Gasteiger partial charge in [-0.3, -0.25) is 14.5 Å². The van der Waals surface area contributed by atoms with Crippen molar-refractivity contribution in [3.8, 4) is 5.75 Å². The number of amides is 4. The third-order valence-electron chi connectivity index (χ3n) is 5.83. The summed E-state index contributed by atoms with van der Waals surface area (Å²) in [6.45, 7) is 0.407. The first-order valence-corrected chi connectivity index (χ1v) is 9.31. The van der Waals surface area contributed by atoms with Crippen molar-refractivity contribution in [2.24, 2.45) is 23.7 Å². The quantitative estimate of drug-likeness (QED) is 0.614. The van der Waals surface area contributed by atoms with Crippen LogP contribution in [0.1, 0.15) is 12.8 Å². The normalized spacial score (nSPS) is 28.3. The molecule has 1 saturated heterocycles. The van der Waals surface area contributed by atoms with Gasteiger partial charge in [0.25, 0.3) is 0 Å². The highest BCUT2D eigenvalue weighted by molar-refractivity contribution is 6.06. The van der Waals surface area contributed by atoms with Gasteiger partial charge in [0, 0.05) is 13.1 Å². The highest BCUT2D eigenvalue weighted by atomic mass is 16.5. The van der Waals surface area contributed by atoms with Crippen molar-refractivity contribution in [2.75, 3.05) is 25.5 Å². The number of hydrogen-bond donors (Lipinski definition) is 2. The molecule has 1 aromatic rings. The van der Waals surface area contributed by atoms with Crippen molar-refractivity contribution in [2.45, 2.75) is 12.8 Å². The second-order valence-corrected chi connectivity index (χ2v) is 7.25. The Bertz CT molecular complexity index is 774. The molecule has 7 heteroatoms. The van der Waals surface area contributed by atoms with Crippen LogP contribution in [0, 0.1) is 23.7 Å². The number of likely N-dealkylation sites (tertiary alicyclic amines) is 1. The van der Waals surface area contributed by atoms with Gasteiger partial charge in [-0.1, -0.05) is 24.3 Å². The fourth-order valence-corrected chi connectivity index (χ4v) is 4.55. The number of nitrogens with zero attached hydrogens (tertiary/aromatic N) is 1. The number of urea groups is 1. The summed E-state index contributed by atoms with van der Waals surface area (Å²) in [5, 5.41) is 5.41. The lowest BCUT2D eigenvalue weighted by Crippen LogP contribution is -2.40. The highest BCUT2D eigenvalue weighted by Crippen LogP contribution is 2.49. The number of ether oxygens (including phenoxy) is 1. The summed E-state index contributed by atoms with van der Waals surface area (Å²) in [5.41, 5.74) is 0.555. The summed E-state index contributed by atoms with van der Waals surface area (Å²) in [6, 6.07) is 6.69. The maximum absolute atomic E-state index is 12.7. The molecular weight excluding hydrogens is 346 g/mol. The predicted octanol–water partition coefficient (Wildman–Crippen LogP) is 2.01. The Labute approximate surface area is 157 Å². The number of nitrogens with one attached hydrogen (secondary N) is 2. The van der Waals surface area contributed by atoms with Gasteiger partial charge in [-0.05, 0) is 36.8 Å². The van der Waals surface area contributed by atoms with Crippen LogP contribution in [-0.2, 0) is 9.59 Å². The van der Waals surface area contributed by atoms with E-state index < -0.39 is 6.03 Å². The van der Waals surface area contributed by atoms with Gasteiger partial charge in [0.1, 0.15) is 5.75 Å². The number of hydrogen-bond acceptors (Lipinski definition) is 4. The second-order valence-electron chi connectivity index (χ2n) is 7.25. The Morgan fingerprint density at radius 3 is 2.33 bits per heavy atom. The lowest BCUT2D eigenvalue weighted by molar-refractivity contribution is -0.140. The van der Waals surface area contributed by atoms with Crippen molar-refractivity contribution in [3.05, 3.63) is 36.4 Å². The first kappa shape index (κ1) is 17.6. The van der Waals surface area contributed by atoms with E-state index in [1.807, 2.05) is 6.07 Å². The zero-order valence-electron chi connectivity index (χ0n) is 15.2. The van der Waals surface area contributed by atoms with Crippen LogP contribution >= 0.6 is 0 Å². The summed E-state index contributed by atoms with van der Waals surface area (Å²) in [5.74, 6) is 0.343. The monoisotopic (exact) mass is 369 g/mol. The minimum atomic E-state index is -0.405. The van der Waals surface area contributed by atoms with Gasteiger partial charge in [-0.15, -0.1) is 0 Å². The third-order valence-corrected chi connectivity index (χ3v) is 5.83. The summed E-state index contributed by atoms with van der Waals surface area (Å²) < 4.78 is 5.19. The number of carbonyl (C=O) groups is 3. The number of rotatable bonds is 5. The molecule has 27 heavy (non-hydrogen) atoms. The Morgan fingerprint density at radius 2 is 1.74 bits per heavy atom. The average Bonchev–Trinajstić information content (AvgIpc) is 2.96. The van der Waals surface area contributed by atoms with Crippen molar-refractivity contribution < 1.29 is 19.1 Å². The van der Waals surface area contributed by atoms with Gasteiger partial charge in [0.2, 0.25) is 11.8 Å². The molecule has 5 rings (SSSR count). The molecule has 2 fully saturated rings. The molecule has 4 atom stereocenters. The van der Waals surface area contributed by atoms with E-state index >= 15 is 0 Å². The highest BCUT2D eigenvalue weighted by Gasteiger charge is 2.56. The third kappa shape index (κ3) is 3.07. The molecule has 2 N–H and O–H groups in total. The average molecular weight is 369 g/mol. The number of para-hydroxylation sites is 2. The number of fused-ring (bicyclic) bond motifs is 1. The lowest BCUT2D eigenvalue weighted by atomic mass is 9.63. The summed E-state index contributed by atoms with van der Waals surface area (Å²) in [6.07, 6.45) is 6.16. The summed E-state index contributed by atoms with van der Waals surface area (Å²) in [7, 11) is 1.53. The fourth-order valence-electron chi connectivity index (χ4n) is 4.55. The van der Waals surface area contributed by atoms with Crippen molar-refractivity contribution in [1.82, 2.24) is 10.2 Å². The minimum absolute atomic E-state index is 0.0870. The molecule has 1 saturated carbocycles. The molecule has 142 valence electrons. The Hall–Kier alpha value is -2.83. The predicted molar refractivity (Wildman–Crippen MR) is 99.1 cm³/mol. The first-order valence-electron chi connectivity index (χ1n) is 9.31. The lowest BCUT2D eigenvalue weighted by Gasteiger charge is -2.38. The van der Waals surface area contributed by atoms with Crippen LogP contribution in [0.5, 0.6) is 5.75 Å². The molecular formula is C20H23N3O4. The molecule has 0 aromatic heterocycles. The number of methoxy groups -OCH3 is 1. The van der Waals surface area contributed by atoms with Gasteiger partial charge in [-0.25, -0.2) is 4.79 Å². The maximum atomic E-state index is 12.7. The molecule has 7 nitrogen and oxygen atoms in total. The van der Waals surface area contributed by atoms with Crippen LogP contribution in [0.25, 0.3) is 0 Å². The van der Waals surface area contributed by atoms with Gasteiger partial charge < -0.3 is 15.4 Å². The first-order chi connectivity index (χ1) is 13.1. The van der Waals surface area contributed by atoms with Crippen molar-refractivity contribution >= 4 is 23.5 Å². The summed E-state index contributed by atoms with van der Waals surface area (Å²) in [4.78, 5) is 38.9. The molecule has 2 bridgehead atoms. The van der Waals surface area contributed by atoms with E-state index in [9.17, 15) is 14.4 Å². The molecule has 3 aliphatic carbocycles. The fraction of sp³-hybridized carbons (Fsp3) is 0.450. The van der Waals surface area contributed by atoms with E-state index in [1.165, 1.54) is 12.0 Å². The van der Waals surface area contributed by atoms with Crippen molar-refractivity contribution in [1.29, 1.82) is 0 Å². The molecule has 0 unspecified atom stereocenters. The van der Waals surface area contributed by atoms with Gasteiger partial charge in [0.15, 0.2) is 0 Å². The summed E-state index contributed by atoms with van der Waals surface area (Å²) >= 11 is 0. The number of benzene rings is 1. The number of allylic oxidation sites excluding steroid dienone is 2. The van der Waals surface area contributed by atoms with Crippen LogP contribution in [0.2, 0.25) is 0 Å². The van der Waals surface area contributed by atoms with Crippen LogP contribution in [0.4, 0.5) is 10.5 Å². The Balaban J connectivity index is 1.32. The topological polar surface area (TPSA) is 87.7 Å². The number of carbonyl (C=O) groups excluding carboxylic acids is 3. The van der Waals surface area contributed by atoms with Crippen LogP contribution in [0.15, 0.2) is 36.4 Å². The molecule has 4 amide bonds. The minimum Gasteiger partial charge on any atom is -0.495 e. The molecule has 0 spiro atoms. The van der Waals surface area contributed by atoms with Crippen LogP contribution < -0.4 is 15.4 Å². The maximum Gasteiger partial charge on any atom is 0.319 e. The zero-order valence-corrected chi connectivity index (χ0v) is 15.2. The second kappa shape index (κ2) is 7.06. The van der Waals surface area contributed by atoms with E-state index in [0.717, 1.165) is 12.8 Å². The Morgan fingerprint density at radius 1 is 1.11 bits per heavy atom. The van der Waals surface area contributed by atoms with Crippen molar-refractivity contribution in [3.63, 3.8) is 0 Å². The molecule has 1 aliphatic heterocycles.